The van der Waals surface area contributed by atoms with Crippen LogP contribution in [-0.4, -0.2) is 23.5 Å². The summed E-state index contributed by atoms with van der Waals surface area (Å²) in [6.45, 7) is 1.05. The third-order valence-corrected chi connectivity index (χ3v) is 1.13. The van der Waals surface area contributed by atoms with Crippen molar-refractivity contribution in [2.75, 3.05) is 6.67 Å². The Morgan fingerprint density at radius 2 is 2.43 bits per heavy atom. The zero-order valence-electron chi connectivity index (χ0n) is 4.11. The van der Waals surface area contributed by atoms with Crippen molar-refractivity contribution in [1.29, 1.82) is 5.26 Å². The van der Waals surface area contributed by atoms with Crippen molar-refractivity contribution in [3.8, 4) is 6.07 Å². The van der Waals surface area contributed by atoms with Crippen molar-refractivity contribution in [1.82, 2.24) is 0 Å². The van der Waals surface area contributed by atoms with Crippen LogP contribution in [0.2, 0.25) is 4.20 Å². The molecule has 0 aliphatic rings. The summed E-state index contributed by atoms with van der Waals surface area (Å²) in [5.74, 6) is 0. The van der Waals surface area contributed by atoms with Gasteiger partial charge in [0, 0.05) is 0 Å². The number of hydrogen-bond acceptors (Lipinski definition) is 1. The molecule has 0 fully saturated rings. The van der Waals surface area contributed by atoms with E-state index >= 15 is 0 Å². The maximum atomic E-state index is 11.6. The van der Waals surface area contributed by atoms with E-state index in [0.29, 0.717) is 0 Å². The van der Waals surface area contributed by atoms with E-state index in [1.54, 1.807) is 6.92 Å². The van der Waals surface area contributed by atoms with Gasteiger partial charge in [-0.2, -0.15) is 0 Å². The molecule has 0 heterocycles. The normalized spacial score (nSPS) is 17.4. The van der Waals surface area contributed by atoms with E-state index in [9.17, 15) is 4.39 Å². The maximum absolute atomic E-state index is 11.6. The topological polar surface area (TPSA) is 23.8 Å². The summed E-state index contributed by atoms with van der Waals surface area (Å²) in [5.41, 5.74) is 0. The van der Waals surface area contributed by atoms with Crippen LogP contribution in [0.4, 0.5) is 4.39 Å². The molecule has 0 aliphatic carbocycles. The van der Waals surface area contributed by atoms with E-state index in [1.165, 1.54) is 0 Å². The minimum absolute atomic E-state index is 0.538. The number of rotatable bonds is 1. The Balaban J connectivity index is 3.66. The van der Waals surface area contributed by atoms with Crippen LogP contribution < -0.4 is 0 Å². The van der Waals surface area contributed by atoms with Gasteiger partial charge in [0.15, 0.2) is 0 Å². The summed E-state index contributed by atoms with van der Waals surface area (Å²) >= 11 is 1.14. The summed E-state index contributed by atoms with van der Waals surface area (Å²) in [4.78, 5) is 0. The van der Waals surface area contributed by atoms with Crippen molar-refractivity contribution >= 4 is 16.9 Å². The molecule has 0 radical (unpaired) electrons. The number of hydrogen-bond donors (Lipinski definition) is 0. The number of nitriles is 1. The monoisotopic (exact) mass is 163 g/mol. The second kappa shape index (κ2) is 2.33. The third kappa shape index (κ3) is 2.65. The second-order valence-corrected chi connectivity index (χ2v) is 4.34. The van der Waals surface area contributed by atoms with E-state index in [2.05, 4.69) is 0 Å². The summed E-state index contributed by atoms with van der Waals surface area (Å²) < 4.78 is 10.8. The zero-order valence-corrected chi connectivity index (χ0v) is 6.53. The molecule has 2 unspecified atom stereocenters. The van der Waals surface area contributed by atoms with Gasteiger partial charge in [0.2, 0.25) is 0 Å². The molecule has 7 heavy (non-hydrogen) atoms. The van der Waals surface area contributed by atoms with Gasteiger partial charge in [-0.3, -0.25) is 0 Å². The standard InChI is InChI=1S/C4H7AsFN/c1-4(5,2-6)3-7/h2,5H2,1H3. The number of alkyl halides is 1. The first-order valence-corrected chi connectivity index (χ1v) is 3.09. The molecule has 1 nitrogen and oxygen atoms in total. The predicted molar refractivity (Wildman–Crippen MR) is 28.5 cm³/mol. The van der Waals surface area contributed by atoms with Gasteiger partial charge >= 0.3 is 50.4 Å². The average molecular weight is 163 g/mol. The Hall–Kier alpha value is -0.0216. The van der Waals surface area contributed by atoms with E-state index in [-0.39, 0.29) is 0 Å². The molecule has 3 heteroatoms. The molecule has 0 bridgehead atoms. The summed E-state index contributed by atoms with van der Waals surface area (Å²) in [5, 5.41) is 8.12. The van der Waals surface area contributed by atoms with Crippen molar-refractivity contribution in [2.24, 2.45) is 0 Å². The molecule has 0 saturated heterocycles. The van der Waals surface area contributed by atoms with Crippen molar-refractivity contribution in [3.05, 3.63) is 0 Å². The predicted octanol–water partition coefficient (Wildman–Crippen LogP) is 0.291. The summed E-state index contributed by atoms with van der Waals surface area (Å²) in [6.07, 6.45) is 0. The van der Waals surface area contributed by atoms with Crippen LogP contribution in [-0.2, 0) is 0 Å². The molecule has 0 amide bonds. The van der Waals surface area contributed by atoms with Crippen LogP contribution in [0.3, 0.4) is 0 Å². The van der Waals surface area contributed by atoms with Crippen molar-refractivity contribution in [2.45, 2.75) is 11.1 Å². The zero-order chi connectivity index (χ0) is 5.91. The Morgan fingerprint density at radius 3 is 2.43 bits per heavy atom. The van der Waals surface area contributed by atoms with Crippen LogP contribution >= 0.6 is 0 Å². The van der Waals surface area contributed by atoms with Gasteiger partial charge in [-0.15, -0.1) is 0 Å². The molecule has 0 saturated carbocycles. The van der Waals surface area contributed by atoms with Gasteiger partial charge in [-0.25, -0.2) is 0 Å². The SMILES string of the molecule is CC([AsH2])(C#N)CF. The second-order valence-electron chi connectivity index (χ2n) is 1.66. The fourth-order valence-electron chi connectivity index (χ4n) is 0.0299. The molecule has 2 atom stereocenters. The van der Waals surface area contributed by atoms with Gasteiger partial charge < -0.3 is 0 Å². The molecule has 0 rings (SSSR count). The van der Waals surface area contributed by atoms with Crippen molar-refractivity contribution < 1.29 is 4.39 Å². The molecule has 0 spiro atoms. The molecule has 0 aromatic heterocycles. The van der Waals surface area contributed by atoms with Gasteiger partial charge in [0.05, 0.1) is 0 Å². The van der Waals surface area contributed by atoms with Gasteiger partial charge in [-0.05, 0) is 0 Å². The molecule has 0 aliphatic heterocycles. The minimum atomic E-state index is -0.715. The summed E-state index contributed by atoms with van der Waals surface area (Å²) in [7, 11) is 0. The van der Waals surface area contributed by atoms with Gasteiger partial charge in [0.1, 0.15) is 0 Å². The summed E-state index contributed by atoms with van der Waals surface area (Å²) in [6, 6.07) is 1.84. The van der Waals surface area contributed by atoms with E-state index in [1.807, 2.05) is 6.07 Å². The number of nitrogens with zero attached hydrogens (tertiary/aromatic N) is 1. The van der Waals surface area contributed by atoms with Crippen molar-refractivity contribution in [3.63, 3.8) is 0 Å². The van der Waals surface area contributed by atoms with Gasteiger partial charge in [-0.1, -0.05) is 0 Å². The van der Waals surface area contributed by atoms with Crippen LogP contribution in [0.15, 0.2) is 0 Å². The molecule has 0 N–H and O–H groups in total. The van der Waals surface area contributed by atoms with Crippen LogP contribution in [0.1, 0.15) is 6.92 Å². The first-order chi connectivity index (χ1) is 3.12. The first kappa shape index (κ1) is 6.98. The fraction of sp³-hybridized carbons (Fsp3) is 0.750. The first-order valence-electron chi connectivity index (χ1n) is 1.88. The molecular formula is C4H7AsFN. The average Bonchev–Trinajstić information content (AvgIpc) is 1.68. The molecule has 40 valence electrons. The van der Waals surface area contributed by atoms with Crippen LogP contribution in [0, 0.1) is 11.3 Å². The van der Waals surface area contributed by atoms with E-state index < -0.39 is 10.9 Å². The Bertz CT molecular complexity index is 94.4. The Morgan fingerprint density at radius 1 is 2.00 bits per heavy atom. The Kier molecular flexibility index (Phi) is 2.32. The fourth-order valence-corrected chi connectivity index (χ4v) is 0.0299. The number of halogens is 1. The quantitative estimate of drug-likeness (QED) is 0.509. The van der Waals surface area contributed by atoms with Crippen LogP contribution in [0.25, 0.3) is 0 Å². The molecule has 0 aromatic rings. The third-order valence-electron chi connectivity index (χ3n) is 0.533. The molecule has 0 aromatic carbocycles. The Labute approximate surface area is 51.0 Å². The van der Waals surface area contributed by atoms with Gasteiger partial charge in [0.25, 0.3) is 0 Å². The van der Waals surface area contributed by atoms with Crippen LogP contribution in [0.5, 0.6) is 0 Å². The van der Waals surface area contributed by atoms with E-state index in [4.69, 9.17) is 5.26 Å². The molecular weight excluding hydrogens is 156 g/mol. The van der Waals surface area contributed by atoms with E-state index in [0.717, 1.165) is 16.9 Å².